The summed E-state index contributed by atoms with van der Waals surface area (Å²) < 4.78 is 0. The highest BCUT2D eigenvalue weighted by atomic mass is 16.2. The van der Waals surface area contributed by atoms with Gasteiger partial charge in [-0.1, -0.05) is 18.2 Å². The number of amides is 2. The molecule has 21 heavy (non-hydrogen) atoms. The normalized spacial score (nSPS) is 18.1. The van der Waals surface area contributed by atoms with E-state index in [9.17, 15) is 9.59 Å². The molecule has 1 aromatic rings. The van der Waals surface area contributed by atoms with Crippen molar-refractivity contribution in [3.05, 3.63) is 30.3 Å². The lowest BCUT2D eigenvalue weighted by Crippen LogP contribution is -2.32. The first-order valence-corrected chi connectivity index (χ1v) is 7.22. The van der Waals surface area contributed by atoms with Crippen LogP contribution in [0.1, 0.15) is 33.6 Å². The Morgan fingerprint density at radius 3 is 2.62 bits per heavy atom. The molecule has 1 N–H and O–H groups in total. The molecule has 1 aliphatic heterocycles. The highest BCUT2D eigenvalue weighted by Crippen LogP contribution is 2.26. The van der Waals surface area contributed by atoms with Gasteiger partial charge in [-0.3, -0.25) is 9.59 Å². The van der Waals surface area contributed by atoms with E-state index in [2.05, 4.69) is 10.4 Å². The molecular formula is C16H21N3O2. The van der Waals surface area contributed by atoms with Gasteiger partial charge in [0.25, 0.3) is 5.91 Å². The predicted octanol–water partition coefficient (Wildman–Crippen LogP) is 2.33. The molecule has 0 saturated carbocycles. The summed E-state index contributed by atoms with van der Waals surface area (Å²) in [7, 11) is 0. The lowest BCUT2D eigenvalue weighted by molar-refractivity contribution is -0.122. The summed E-state index contributed by atoms with van der Waals surface area (Å²) in [5.41, 5.74) is 1.53. The molecule has 1 aromatic carbocycles. The van der Waals surface area contributed by atoms with E-state index < -0.39 is 0 Å². The fraction of sp³-hybridized carbons (Fsp3) is 0.438. The molecule has 2 rings (SSSR count). The van der Waals surface area contributed by atoms with Crippen LogP contribution < -0.4 is 10.3 Å². The number of rotatable bonds is 5. The molecule has 0 fully saturated rings. The predicted molar refractivity (Wildman–Crippen MR) is 83.0 cm³/mol. The van der Waals surface area contributed by atoms with Crippen molar-refractivity contribution in [2.45, 2.75) is 39.7 Å². The lowest BCUT2D eigenvalue weighted by Gasteiger charge is -2.14. The Kier molecular flexibility index (Phi) is 4.73. The second kappa shape index (κ2) is 6.52. The molecule has 1 heterocycles. The average Bonchev–Trinajstić information content (AvgIpc) is 2.72. The molecule has 0 saturated heterocycles. The fourth-order valence-corrected chi connectivity index (χ4v) is 2.36. The Bertz CT molecular complexity index is 552. The fourth-order valence-electron chi connectivity index (χ4n) is 2.36. The molecule has 0 bridgehead atoms. The summed E-state index contributed by atoms with van der Waals surface area (Å²) in [6.07, 6.45) is 0.833. The van der Waals surface area contributed by atoms with Crippen LogP contribution in [0.5, 0.6) is 0 Å². The van der Waals surface area contributed by atoms with Crippen LogP contribution in [0, 0.1) is 5.92 Å². The number of benzene rings is 1. The maximum absolute atomic E-state index is 12.4. The Labute approximate surface area is 125 Å². The minimum atomic E-state index is -0.303. The number of nitrogens with zero attached hydrogens (tertiary/aromatic N) is 2. The number of hydrogen-bond donors (Lipinski definition) is 1. The SMILES string of the molecule is CC1=NN(c2ccccc2)C(=O)C1CCC(=O)NC(C)C. The summed E-state index contributed by atoms with van der Waals surface area (Å²) in [6.45, 7) is 5.68. The van der Waals surface area contributed by atoms with E-state index >= 15 is 0 Å². The van der Waals surface area contributed by atoms with E-state index in [4.69, 9.17) is 0 Å². The minimum Gasteiger partial charge on any atom is -0.354 e. The van der Waals surface area contributed by atoms with Crippen molar-refractivity contribution in [1.29, 1.82) is 0 Å². The highest BCUT2D eigenvalue weighted by molar-refractivity contribution is 6.14. The third kappa shape index (κ3) is 3.68. The summed E-state index contributed by atoms with van der Waals surface area (Å²) in [5.74, 6) is -0.386. The molecular weight excluding hydrogens is 266 g/mol. The third-order valence-electron chi connectivity index (χ3n) is 3.38. The van der Waals surface area contributed by atoms with Gasteiger partial charge >= 0.3 is 0 Å². The van der Waals surface area contributed by atoms with Crippen LogP contribution in [0.15, 0.2) is 35.4 Å². The van der Waals surface area contributed by atoms with Gasteiger partial charge < -0.3 is 5.32 Å². The van der Waals surface area contributed by atoms with Crippen molar-refractivity contribution in [2.24, 2.45) is 11.0 Å². The van der Waals surface area contributed by atoms with E-state index in [0.717, 1.165) is 11.4 Å². The maximum atomic E-state index is 12.4. The number of anilines is 1. The van der Waals surface area contributed by atoms with Crippen LogP contribution in [0.3, 0.4) is 0 Å². The summed E-state index contributed by atoms with van der Waals surface area (Å²) in [5, 5.41) is 8.60. The van der Waals surface area contributed by atoms with Crippen molar-refractivity contribution in [1.82, 2.24) is 5.32 Å². The standard InChI is InChI=1S/C16H21N3O2/c1-11(2)17-15(20)10-9-14-12(3)18-19(16(14)21)13-7-5-4-6-8-13/h4-8,11,14H,9-10H2,1-3H3,(H,17,20). The van der Waals surface area contributed by atoms with Gasteiger partial charge in [0.05, 0.1) is 11.6 Å². The quantitative estimate of drug-likeness (QED) is 0.903. The molecule has 0 aliphatic carbocycles. The molecule has 5 heteroatoms. The minimum absolute atomic E-state index is 0.0243. The molecule has 1 aliphatic rings. The van der Waals surface area contributed by atoms with E-state index in [-0.39, 0.29) is 23.8 Å². The van der Waals surface area contributed by atoms with Gasteiger partial charge in [-0.05, 0) is 39.3 Å². The number of hydrogen-bond acceptors (Lipinski definition) is 3. The maximum Gasteiger partial charge on any atom is 0.256 e. The van der Waals surface area contributed by atoms with Gasteiger partial charge in [0, 0.05) is 18.2 Å². The van der Waals surface area contributed by atoms with Gasteiger partial charge in [-0.2, -0.15) is 5.10 Å². The molecule has 0 aromatic heterocycles. The molecule has 1 atom stereocenters. The van der Waals surface area contributed by atoms with Crippen LogP contribution in [0.2, 0.25) is 0 Å². The Hall–Kier alpha value is -2.17. The van der Waals surface area contributed by atoms with Crippen molar-refractivity contribution < 1.29 is 9.59 Å². The number of carbonyl (C=O) groups is 2. The Morgan fingerprint density at radius 1 is 1.33 bits per heavy atom. The first-order valence-electron chi connectivity index (χ1n) is 7.22. The molecule has 5 nitrogen and oxygen atoms in total. The highest BCUT2D eigenvalue weighted by Gasteiger charge is 2.34. The summed E-state index contributed by atoms with van der Waals surface area (Å²) in [6, 6.07) is 9.46. The van der Waals surface area contributed by atoms with Gasteiger partial charge in [0.15, 0.2) is 0 Å². The van der Waals surface area contributed by atoms with Crippen molar-refractivity contribution in [3.63, 3.8) is 0 Å². The average molecular weight is 287 g/mol. The number of carbonyl (C=O) groups excluding carboxylic acids is 2. The number of nitrogens with one attached hydrogen (secondary N) is 1. The van der Waals surface area contributed by atoms with Gasteiger partial charge in [0.2, 0.25) is 5.91 Å². The molecule has 112 valence electrons. The largest absolute Gasteiger partial charge is 0.354 e. The zero-order valence-electron chi connectivity index (χ0n) is 12.7. The van der Waals surface area contributed by atoms with E-state index in [1.54, 1.807) is 0 Å². The van der Waals surface area contributed by atoms with Crippen molar-refractivity contribution in [3.8, 4) is 0 Å². The van der Waals surface area contributed by atoms with Crippen LogP contribution in [-0.4, -0.2) is 23.6 Å². The van der Waals surface area contributed by atoms with E-state index in [0.29, 0.717) is 12.8 Å². The van der Waals surface area contributed by atoms with Gasteiger partial charge in [-0.15, -0.1) is 0 Å². The first kappa shape index (κ1) is 15.2. The summed E-state index contributed by atoms with van der Waals surface area (Å²) >= 11 is 0. The van der Waals surface area contributed by atoms with Gasteiger partial charge in [-0.25, -0.2) is 5.01 Å². The Balaban J connectivity index is 1.99. The molecule has 0 radical (unpaired) electrons. The van der Waals surface area contributed by atoms with Crippen molar-refractivity contribution >= 4 is 23.2 Å². The smallest absolute Gasteiger partial charge is 0.256 e. The zero-order valence-corrected chi connectivity index (χ0v) is 12.7. The molecule has 1 unspecified atom stereocenters. The second-order valence-electron chi connectivity index (χ2n) is 5.54. The van der Waals surface area contributed by atoms with Crippen LogP contribution in [0.25, 0.3) is 0 Å². The van der Waals surface area contributed by atoms with Crippen LogP contribution in [-0.2, 0) is 9.59 Å². The molecule has 0 spiro atoms. The van der Waals surface area contributed by atoms with Crippen LogP contribution >= 0.6 is 0 Å². The van der Waals surface area contributed by atoms with Crippen LogP contribution in [0.4, 0.5) is 5.69 Å². The van der Waals surface area contributed by atoms with Crippen molar-refractivity contribution in [2.75, 3.05) is 5.01 Å². The Morgan fingerprint density at radius 2 is 2.00 bits per heavy atom. The topological polar surface area (TPSA) is 61.8 Å². The van der Waals surface area contributed by atoms with E-state index in [1.165, 1.54) is 5.01 Å². The number of hydrazone groups is 1. The zero-order chi connectivity index (χ0) is 15.4. The molecule has 2 amide bonds. The second-order valence-corrected chi connectivity index (χ2v) is 5.54. The third-order valence-corrected chi connectivity index (χ3v) is 3.38. The summed E-state index contributed by atoms with van der Waals surface area (Å²) in [4.78, 5) is 24.1. The lowest BCUT2D eigenvalue weighted by atomic mass is 9.98. The first-order chi connectivity index (χ1) is 9.99. The monoisotopic (exact) mass is 287 g/mol. The van der Waals surface area contributed by atoms with E-state index in [1.807, 2.05) is 51.1 Å². The van der Waals surface area contributed by atoms with Gasteiger partial charge in [0.1, 0.15) is 0 Å². The number of para-hydroxylation sites is 1.